The quantitative estimate of drug-likeness (QED) is 0.470. The molecule has 3 heteroatoms. The molecule has 0 bridgehead atoms. The monoisotopic (exact) mass is 320 g/mol. The van der Waals surface area contributed by atoms with Crippen LogP contribution >= 0.6 is 11.6 Å². The van der Waals surface area contributed by atoms with Gasteiger partial charge in [0.1, 0.15) is 11.5 Å². The Labute approximate surface area is 138 Å². The Morgan fingerprint density at radius 1 is 0.652 bits per heavy atom. The molecule has 23 heavy (non-hydrogen) atoms. The number of aromatic hydroxyl groups is 2. The van der Waals surface area contributed by atoms with Crippen LogP contribution in [0, 0.1) is 0 Å². The number of fused-ring (bicyclic) bond motifs is 2. The summed E-state index contributed by atoms with van der Waals surface area (Å²) in [4.78, 5) is 0. The molecule has 4 rings (SSSR count). The van der Waals surface area contributed by atoms with Crippen molar-refractivity contribution in [2.45, 2.75) is 0 Å². The van der Waals surface area contributed by atoms with Crippen molar-refractivity contribution >= 4 is 33.1 Å². The van der Waals surface area contributed by atoms with Crippen molar-refractivity contribution < 1.29 is 10.2 Å². The van der Waals surface area contributed by atoms with Crippen molar-refractivity contribution in [2.24, 2.45) is 0 Å². The van der Waals surface area contributed by atoms with Gasteiger partial charge in [-0.05, 0) is 33.7 Å². The van der Waals surface area contributed by atoms with Gasteiger partial charge in [-0.3, -0.25) is 0 Å². The van der Waals surface area contributed by atoms with Gasteiger partial charge in [0.25, 0.3) is 0 Å². The molecule has 0 saturated carbocycles. The summed E-state index contributed by atoms with van der Waals surface area (Å²) in [5, 5.41) is 25.0. The molecule has 0 aromatic heterocycles. The van der Waals surface area contributed by atoms with Crippen molar-refractivity contribution in [1.82, 2.24) is 0 Å². The van der Waals surface area contributed by atoms with E-state index in [9.17, 15) is 10.2 Å². The average molecular weight is 321 g/mol. The molecule has 4 aromatic carbocycles. The van der Waals surface area contributed by atoms with Crippen molar-refractivity contribution in [3.05, 3.63) is 71.8 Å². The zero-order chi connectivity index (χ0) is 16.0. The summed E-state index contributed by atoms with van der Waals surface area (Å²) in [6, 6.07) is 20.7. The number of halogens is 1. The predicted molar refractivity (Wildman–Crippen MR) is 95.2 cm³/mol. The highest BCUT2D eigenvalue weighted by molar-refractivity contribution is 6.34. The van der Waals surface area contributed by atoms with Crippen LogP contribution in [0.25, 0.3) is 32.7 Å². The minimum absolute atomic E-state index is 0.0166. The van der Waals surface area contributed by atoms with E-state index in [0.717, 1.165) is 21.5 Å². The summed E-state index contributed by atoms with van der Waals surface area (Å²) in [7, 11) is 0. The Kier molecular flexibility index (Phi) is 3.14. The summed E-state index contributed by atoms with van der Waals surface area (Å²) in [5.41, 5.74) is 1.15. The zero-order valence-corrected chi connectivity index (χ0v) is 12.9. The molecule has 0 radical (unpaired) electrons. The first kappa shape index (κ1) is 13.9. The van der Waals surface area contributed by atoms with Crippen LogP contribution in [0.1, 0.15) is 0 Å². The smallest absolute Gasteiger partial charge is 0.142 e. The number of phenols is 2. The SMILES string of the molecule is Oc1ccc2ccccc2c1-c1c(O)c(Cl)cc2ccccc12. The first-order valence-corrected chi connectivity index (χ1v) is 7.66. The van der Waals surface area contributed by atoms with E-state index >= 15 is 0 Å². The highest BCUT2D eigenvalue weighted by Crippen LogP contribution is 2.47. The van der Waals surface area contributed by atoms with Crippen molar-refractivity contribution in [3.63, 3.8) is 0 Å². The lowest BCUT2D eigenvalue weighted by Gasteiger charge is -2.15. The Morgan fingerprint density at radius 2 is 1.26 bits per heavy atom. The topological polar surface area (TPSA) is 40.5 Å². The lowest BCUT2D eigenvalue weighted by molar-refractivity contribution is 0.470. The van der Waals surface area contributed by atoms with Gasteiger partial charge in [-0.2, -0.15) is 0 Å². The third kappa shape index (κ3) is 2.11. The minimum atomic E-state index is -0.0166. The largest absolute Gasteiger partial charge is 0.507 e. The first-order valence-electron chi connectivity index (χ1n) is 7.28. The highest BCUT2D eigenvalue weighted by atomic mass is 35.5. The van der Waals surface area contributed by atoms with Gasteiger partial charge in [-0.1, -0.05) is 66.2 Å². The number of phenolic OH excluding ortho intramolecular Hbond substituents is 2. The molecule has 0 amide bonds. The maximum atomic E-state index is 10.6. The summed E-state index contributed by atoms with van der Waals surface area (Å²) in [5.74, 6) is 0.100. The summed E-state index contributed by atoms with van der Waals surface area (Å²) in [6.07, 6.45) is 0. The summed E-state index contributed by atoms with van der Waals surface area (Å²) < 4.78 is 0. The van der Waals surface area contributed by atoms with Crippen LogP contribution in [0.2, 0.25) is 5.02 Å². The summed E-state index contributed by atoms with van der Waals surface area (Å²) in [6.45, 7) is 0. The molecule has 0 heterocycles. The molecule has 0 unspecified atom stereocenters. The second kappa shape index (κ2) is 5.18. The number of rotatable bonds is 1. The van der Waals surface area contributed by atoms with Gasteiger partial charge >= 0.3 is 0 Å². The fourth-order valence-electron chi connectivity index (χ4n) is 3.08. The fraction of sp³-hybridized carbons (Fsp3) is 0. The Balaban J connectivity index is 2.24. The van der Waals surface area contributed by atoms with E-state index in [2.05, 4.69) is 0 Å². The van der Waals surface area contributed by atoms with Crippen molar-refractivity contribution in [3.8, 4) is 22.6 Å². The normalized spacial score (nSPS) is 11.2. The molecule has 0 aliphatic carbocycles. The zero-order valence-electron chi connectivity index (χ0n) is 12.1. The summed E-state index contributed by atoms with van der Waals surface area (Å²) >= 11 is 6.21. The lowest BCUT2D eigenvalue weighted by atomic mass is 9.92. The lowest BCUT2D eigenvalue weighted by Crippen LogP contribution is -1.87. The van der Waals surface area contributed by atoms with Crippen LogP contribution in [-0.2, 0) is 0 Å². The maximum Gasteiger partial charge on any atom is 0.142 e. The van der Waals surface area contributed by atoms with Crippen LogP contribution in [0.15, 0.2) is 66.7 Å². The van der Waals surface area contributed by atoms with Crippen LogP contribution < -0.4 is 0 Å². The molecule has 0 atom stereocenters. The molecule has 0 fully saturated rings. The van der Waals surface area contributed by atoms with E-state index < -0.39 is 0 Å². The van der Waals surface area contributed by atoms with Gasteiger partial charge in [0, 0.05) is 11.1 Å². The van der Waals surface area contributed by atoms with E-state index in [0.29, 0.717) is 11.1 Å². The molecular formula is C20H13ClO2. The molecule has 0 aliphatic rings. The molecule has 2 N–H and O–H groups in total. The van der Waals surface area contributed by atoms with Gasteiger partial charge in [0.05, 0.1) is 5.02 Å². The van der Waals surface area contributed by atoms with Gasteiger partial charge in [0.2, 0.25) is 0 Å². The van der Waals surface area contributed by atoms with E-state index in [1.165, 1.54) is 0 Å². The molecule has 4 aromatic rings. The van der Waals surface area contributed by atoms with E-state index in [1.54, 1.807) is 12.1 Å². The molecule has 0 saturated heterocycles. The van der Waals surface area contributed by atoms with Crippen LogP contribution in [0.5, 0.6) is 11.5 Å². The fourth-order valence-corrected chi connectivity index (χ4v) is 3.29. The molecule has 2 nitrogen and oxygen atoms in total. The van der Waals surface area contributed by atoms with Crippen molar-refractivity contribution in [1.29, 1.82) is 0 Å². The van der Waals surface area contributed by atoms with Gasteiger partial charge in [-0.25, -0.2) is 0 Å². The van der Waals surface area contributed by atoms with Gasteiger partial charge in [0.15, 0.2) is 0 Å². The minimum Gasteiger partial charge on any atom is -0.507 e. The average Bonchev–Trinajstić information content (AvgIpc) is 2.57. The second-order valence-corrected chi connectivity index (χ2v) is 5.89. The molecular weight excluding hydrogens is 308 g/mol. The Bertz CT molecular complexity index is 1050. The van der Waals surface area contributed by atoms with Crippen molar-refractivity contribution in [2.75, 3.05) is 0 Å². The number of benzene rings is 4. The van der Waals surface area contributed by atoms with Gasteiger partial charge in [-0.15, -0.1) is 0 Å². The Hall–Kier alpha value is -2.71. The first-order chi connectivity index (χ1) is 11.2. The van der Waals surface area contributed by atoms with E-state index in [4.69, 9.17) is 11.6 Å². The molecule has 112 valence electrons. The van der Waals surface area contributed by atoms with Crippen LogP contribution in [0.4, 0.5) is 0 Å². The molecule has 0 spiro atoms. The number of hydrogen-bond acceptors (Lipinski definition) is 2. The standard InChI is InChI=1S/C20H13ClO2/c21-16-11-13-6-2-4-8-15(13)19(20(16)23)18-14-7-3-1-5-12(14)9-10-17(18)22/h1-11,22-23H. The van der Waals surface area contributed by atoms with Crippen LogP contribution in [-0.4, -0.2) is 10.2 Å². The Morgan fingerprint density at radius 3 is 2.00 bits per heavy atom. The second-order valence-electron chi connectivity index (χ2n) is 5.48. The van der Waals surface area contributed by atoms with Gasteiger partial charge < -0.3 is 10.2 Å². The number of hydrogen-bond donors (Lipinski definition) is 2. The van der Waals surface area contributed by atoms with E-state index in [-0.39, 0.29) is 16.5 Å². The third-order valence-corrected chi connectivity index (χ3v) is 4.42. The van der Waals surface area contributed by atoms with E-state index in [1.807, 2.05) is 54.6 Å². The highest BCUT2D eigenvalue weighted by Gasteiger charge is 2.18. The maximum absolute atomic E-state index is 10.6. The predicted octanol–water partition coefficient (Wildman–Crippen LogP) is 5.72. The third-order valence-electron chi connectivity index (χ3n) is 4.13. The molecule has 0 aliphatic heterocycles. The van der Waals surface area contributed by atoms with Crippen LogP contribution in [0.3, 0.4) is 0 Å².